The molecule has 0 aromatic heterocycles. The molecule has 0 bridgehead atoms. The number of rotatable bonds is 5. The van der Waals surface area contributed by atoms with Crippen LogP contribution in [0, 0.1) is 6.92 Å². The zero-order valence-electron chi connectivity index (χ0n) is 10.9. The van der Waals surface area contributed by atoms with Gasteiger partial charge < -0.3 is 10.6 Å². The maximum atomic E-state index is 11.5. The number of hydrogen-bond acceptors (Lipinski definition) is 3. The highest BCUT2D eigenvalue weighted by atomic mass is 79.9. The number of urea groups is 1. The second-order valence-corrected chi connectivity index (χ2v) is 7.44. The van der Waals surface area contributed by atoms with Crippen LogP contribution >= 0.6 is 15.9 Å². The third kappa shape index (κ3) is 6.58. The molecule has 0 unspecified atom stereocenters. The van der Waals surface area contributed by atoms with Crippen LogP contribution in [0.25, 0.3) is 0 Å². The smallest absolute Gasteiger partial charge is 0.319 e. The summed E-state index contributed by atoms with van der Waals surface area (Å²) in [6.07, 6.45) is 1.58. The SMILES string of the molecule is Cc1ccc(NC(=O)NCCCS(C)(=O)=O)cc1Br. The molecule has 0 atom stereocenters. The number of amides is 2. The molecule has 2 N–H and O–H groups in total. The average Bonchev–Trinajstić information content (AvgIpc) is 2.28. The summed E-state index contributed by atoms with van der Waals surface area (Å²) in [5.74, 6) is 0.0728. The predicted molar refractivity (Wildman–Crippen MR) is 80.2 cm³/mol. The molecule has 2 amide bonds. The first-order valence-electron chi connectivity index (χ1n) is 5.76. The minimum Gasteiger partial charge on any atom is -0.338 e. The van der Waals surface area contributed by atoms with Crippen LogP contribution in [0.15, 0.2) is 22.7 Å². The Morgan fingerprint density at radius 3 is 2.63 bits per heavy atom. The van der Waals surface area contributed by atoms with Gasteiger partial charge in [0, 0.05) is 23.0 Å². The van der Waals surface area contributed by atoms with Crippen molar-refractivity contribution in [3.63, 3.8) is 0 Å². The van der Waals surface area contributed by atoms with Gasteiger partial charge in [-0.3, -0.25) is 0 Å². The number of anilines is 1. The molecule has 5 nitrogen and oxygen atoms in total. The molecular formula is C12H17BrN2O3S. The maximum Gasteiger partial charge on any atom is 0.319 e. The van der Waals surface area contributed by atoms with E-state index in [1.54, 1.807) is 6.07 Å². The van der Waals surface area contributed by atoms with Gasteiger partial charge in [0.1, 0.15) is 9.84 Å². The van der Waals surface area contributed by atoms with Crippen molar-refractivity contribution in [2.45, 2.75) is 13.3 Å². The lowest BCUT2D eigenvalue weighted by atomic mass is 10.2. The summed E-state index contributed by atoms with van der Waals surface area (Å²) in [5, 5.41) is 5.29. The van der Waals surface area contributed by atoms with E-state index in [0.717, 1.165) is 10.0 Å². The van der Waals surface area contributed by atoms with Gasteiger partial charge >= 0.3 is 6.03 Å². The largest absolute Gasteiger partial charge is 0.338 e. The van der Waals surface area contributed by atoms with Gasteiger partial charge in [-0.2, -0.15) is 0 Å². The number of aryl methyl sites for hydroxylation is 1. The van der Waals surface area contributed by atoms with Crippen LogP contribution in [0.2, 0.25) is 0 Å². The lowest BCUT2D eigenvalue weighted by molar-refractivity contribution is 0.252. The highest BCUT2D eigenvalue weighted by molar-refractivity contribution is 9.10. The van der Waals surface area contributed by atoms with Gasteiger partial charge in [-0.25, -0.2) is 13.2 Å². The molecule has 0 radical (unpaired) electrons. The van der Waals surface area contributed by atoms with Crippen molar-refractivity contribution in [1.82, 2.24) is 5.32 Å². The summed E-state index contributed by atoms with van der Waals surface area (Å²) in [6, 6.07) is 5.16. The number of benzene rings is 1. The van der Waals surface area contributed by atoms with Crippen molar-refractivity contribution in [1.29, 1.82) is 0 Å². The van der Waals surface area contributed by atoms with Crippen molar-refractivity contribution >= 4 is 37.5 Å². The van der Waals surface area contributed by atoms with Crippen molar-refractivity contribution in [2.24, 2.45) is 0 Å². The lowest BCUT2D eigenvalue weighted by Gasteiger charge is -2.08. The Hall–Kier alpha value is -1.08. The maximum absolute atomic E-state index is 11.5. The molecular weight excluding hydrogens is 332 g/mol. The van der Waals surface area contributed by atoms with E-state index >= 15 is 0 Å². The summed E-state index contributed by atoms with van der Waals surface area (Å²) in [6.45, 7) is 2.28. The van der Waals surface area contributed by atoms with E-state index in [9.17, 15) is 13.2 Å². The molecule has 7 heteroatoms. The molecule has 0 fully saturated rings. The molecule has 106 valence electrons. The fourth-order valence-electron chi connectivity index (χ4n) is 1.38. The Morgan fingerprint density at radius 2 is 2.05 bits per heavy atom. The molecule has 0 aliphatic heterocycles. The highest BCUT2D eigenvalue weighted by Crippen LogP contribution is 2.20. The third-order valence-electron chi connectivity index (χ3n) is 2.41. The topological polar surface area (TPSA) is 75.3 Å². The Labute approximate surface area is 121 Å². The molecule has 1 aromatic rings. The fourth-order valence-corrected chi connectivity index (χ4v) is 2.43. The highest BCUT2D eigenvalue weighted by Gasteiger charge is 2.05. The van der Waals surface area contributed by atoms with Gasteiger partial charge in [-0.05, 0) is 31.0 Å². The number of hydrogen-bond donors (Lipinski definition) is 2. The van der Waals surface area contributed by atoms with E-state index in [-0.39, 0.29) is 11.8 Å². The Kier molecular flexibility index (Phi) is 5.81. The van der Waals surface area contributed by atoms with Crippen LogP contribution in [-0.4, -0.2) is 33.0 Å². The molecule has 0 saturated carbocycles. The summed E-state index contributed by atoms with van der Waals surface area (Å²) in [5.41, 5.74) is 1.76. The van der Waals surface area contributed by atoms with Crippen LogP contribution in [0.4, 0.5) is 10.5 Å². The first-order valence-corrected chi connectivity index (χ1v) is 8.62. The fraction of sp³-hybridized carbons (Fsp3) is 0.417. The van der Waals surface area contributed by atoms with Crippen molar-refractivity contribution < 1.29 is 13.2 Å². The zero-order valence-corrected chi connectivity index (χ0v) is 13.3. The van der Waals surface area contributed by atoms with Gasteiger partial charge in [-0.15, -0.1) is 0 Å². The van der Waals surface area contributed by atoms with E-state index < -0.39 is 9.84 Å². The molecule has 19 heavy (non-hydrogen) atoms. The first kappa shape index (κ1) is 16.0. The minimum absolute atomic E-state index is 0.0728. The molecule has 0 aliphatic rings. The van der Waals surface area contributed by atoms with Gasteiger partial charge in [0.2, 0.25) is 0 Å². The van der Waals surface area contributed by atoms with Crippen LogP contribution < -0.4 is 10.6 Å². The number of nitrogens with one attached hydrogen (secondary N) is 2. The number of carbonyl (C=O) groups excluding carboxylic acids is 1. The Morgan fingerprint density at radius 1 is 1.37 bits per heavy atom. The summed E-state index contributed by atoms with van der Waals surface area (Å²) < 4.78 is 22.7. The summed E-state index contributed by atoms with van der Waals surface area (Å²) in [7, 11) is -2.97. The Bertz CT molecular complexity index is 558. The second-order valence-electron chi connectivity index (χ2n) is 4.33. The lowest BCUT2D eigenvalue weighted by Crippen LogP contribution is -2.30. The number of carbonyl (C=O) groups is 1. The zero-order chi connectivity index (χ0) is 14.5. The van der Waals surface area contributed by atoms with E-state index in [1.807, 2.05) is 19.1 Å². The van der Waals surface area contributed by atoms with Crippen LogP contribution in [0.1, 0.15) is 12.0 Å². The average molecular weight is 349 g/mol. The van der Waals surface area contributed by atoms with E-state index in [2.05, 4.69) is 26.6 Å². The molecule has 0 heterocycles. The van der Waals surface area contributed by atoms with E-state index in [1.165, 1.54) is 6.26 Å². The van der Waals surface area contributed by atoms with Crippen molar-refractivity contribution in [2.75, 3.05) is 23.9 Å². The number of halogens is 1. The van der Waals surface area contributed by atoms with Gasteiger partial charge in [0.05, 0.1) is 5.75 Å². The number of sulfone groups is 1. The van der Waals surface area contributed by atoms with E-state index in [0.29, 0.717) is 18.7 Å². The summed E-state index contributed by atoms with van der Waals surface area (Å²) >= 11 is 3.38. The molecule has 0 spiro atoms. The standard InChI is InChI=1S/C12H17BrN2O3S/c1-9-4-5-10(8-11(9)13)15-12(16)14-6-3-7-19(2,17)18/h4-5,8H,3,6-7H2,1-2H3,(H2,14,15,16). The summed E-state index contributed by atoms with van der Waals surface area (Å²) in [4.78, 5) is 11.5. The quantitative estimate of drug-likeness (QED) is 0.801. The van der Waals surface area contributed by atoms with Crippen LogP contribution in [-0.2, 0) is 9.84 Å². The molecule has 0 aliphatic carbocycles. The normalized spacial score (nSPS) is 11.1. The molecule has 1 aromatic carbocycles. The van der Waals surface area contributed by atoms with E-state index in [4.69, 9.17) is 0 Å². The van der Waals surface area contributed by atoms with Crippen LogP contribution in [0.3, 0.4) is 0 Å². The Balaban J connectivity index is 2.37. The molecule has 0 saturated heterocycles. The predicted octanol–water partition coefficient (Wildman–Crippen LogP) is 2.31. The third-order valence-corrected chi connectivity index (χ3v) is 4.29. The van der Waals surface area contributed by atoms with Crippen molar-refractivity contribution in [3.05, 3.63) is 28.2 Å². The minimum atomic E-state index is -2.97. The van der Waals surface area contributed by atoms with Crippen LogP contribution in [0.5, 0.6) is 0 Å². The van der Waals surface area contributed by atoms with Crippen molar-refractivity contribution in [3.8, 4) is 0 Å². The monoisotopic (exact) mass is 348 g/mol. The second kappa shape index (κ2) is 6.91. The van der Waals surface area contributed by atoms with Gasteiger partial charge in [-0.1, -0.05) is 22.0 Å². The van der Waals surface area contributed by atoms with Gasteiger partial charge in [0.25, 0.3) is 0 Å². The first-order chi connectivity index (χ1) is 8.78. The molecule has 1 rings (SSSR count). The van der Waals surface area contributed by atoms with Gasteiger partial charge in [0.15, 0.2) is 0 Å².